The highest BCUT2D eigenvalue weighted by Crippen LogP contribution is 2.14. The van der Waals surface area contributed by atoms with Crippen molar-refractivity contribution in [2.75, 3.05) is 13.1 Å². The molecular formula is C7H16ClN3. The second-order valence-electron chi connectivity index (χ2n) is 3.08. The molecule has 1 unspecified atom stereocenters. The molecule has 3 nitrogen and oxygen atoms in total. The minimum Gasteiger partial charge on any atom is -0.370 e. The number of likely N-dealkylation sites (tertiary alicyclic amines) is 1. The Morgan fingerprint density at radius 2 is 2.27 bits per heavy atom. The highest BCUT2D eigenvalue weighted by atomic mass is 35.5. The van der Waals surface area contributed by atoms with Gasteiger partial charge in [0.05, 0.1) is 0 Å². The first-order chi connectivity index (χ1) is 4.70. The molecule has 11 heavy (non-hydrogen) atoms. The lowest BCUT2D eigenvalue weighted by Gasteiger charge is -2.30. The van der Waals surface area contributed by atoms with Crippen LogP contribution in [0.15, 0.2) is 0 Å². The van der Waals surface area contributed by atoms with Crippen LogP contribution in [-0.4, -0.2) is 23.9 Å². The average molecular weight is 178 g/mol. The molecule has 1 atom stereocenters. The molecule has 0 aromatic carbocycles. The van der Waals surface area contributed by atoms with Crippen molar-refractivity contribution in [1.82, 2.24) is 4.90 Å². The Balaban J connectivity index is 0.000001000. The van der Waals surface area contributed by atoms with Crippen LogP contribution in [-0.2, 0) is 0 Å². The van der Waals surface area contributed by atoms with Gasteiger partial charge in [0.1, 0.15) is 0 Å². The van der Waals surface area contributed by atoms with Gasteiger partial charge in [-0.05, 0) is 18.8 Å². The van der Waals surface area contributed by atoms with Gasteiger partial charge in [0, 0.05) is 13.1 Å². The zero-order chi connectivity index (χ0) is 7.56. The van der Waals surface area contributed by atoms with Crippen LogP contribution in [0.25, 0.3) is 0 Å². The molecule has 1 fully saturated rings. The smallest absolute Gasteiger partial charge is 0.188 e. The van der Waals surface area contributed by atoms with Gasteiger partial charge < -0.3 is 10.6 Å². The lowest BCUT2D eigenvalue weighted by atomic mass is 10.0. The normalized spacial score (nSPS) is 24.1. The van der Waals surface area contributed by atoms with E-state index in [0.29, 0.717) is 5.92 Å². The number of nitrogens with one attached hydrogen (secondary N) is 1. The SMILES string of the molecule is CC1CCCN(C(=N)N)C1.Cl. The predicted molar refractivity (Wildman–Crippen MR) is 49.1 cm³/mol. The van der Waals surface area contributed by atoms with E-state index in [1.165, 1.54) is 12.8 Å². The van der Waals surface area contributed by atoms with E-state index in [9.17, 15) is 0 Å². The van der Waals surface area contributed by atoms with Gasteiger partial charge in [0.15, 0.2) is 5.96 Å². The zero-order valence-electron chi connectivity index (χ0n) is 6.84. The molecule has 3 N–H and O–H groups in total. The summed E-state index contributed by atoms with van der Waals surface area (Å²) in [4.78, 5) is 1.94. The molecule has 4 heteroatoms. The molecule has 66 valence electrons. The van der Waals surface area contributed by atoms with Gasteiger partial charge in [-0.15, -0.1) is 12.4 Å². The second kappa shape index (κ2) is 4.44. The van der Waals surface area contributed by atoms with E-state index in [2.05, 4.69) is 6.92 Å². The van der Waals surface area contributed by atoms with Crippen LogP contribution in [0.5, 0.6) is 0 Å². The van der Waals surface area contributed by atoms with E-state index < -0.39 is 0 Å². The second-order valence-corrected chi connectivity index (χ2v) is 3.08. The van der Waals surface area contributed by atoms with Crippen molar-refractivity contribution < 1.29 is 0 Å². The van der Waals surface area contributed by atoms with Gasteiger partial charge >= 0.3 is 0 Å². The summed E-state index contributed by atoms with van der Waals surface area (Å²) in [5, 5.41) is 7.18. The average Bonchev–Trinajstić information content (AvgIpc) is 1.88. The molecule has 0 aromatic rings. The Morgan fingerprint density at radius 1 is 1.64 bits per heavy atom. The zero-order valence-corrected chi connectivity index (χ0v) is 7.66. The number of hydrogen-bond donors (Lipinski definition) is 2. The van der Waals surface area contributed by atoms with Crippen LogP contribution in [0, 0.1) is 11.3 Å². The molecule has 1 rings (SSSR count). The van der Waals surface area contributed by atoms with Crippen LogP contribution in [0.4, 0.5) is 0 Å². The van der Waals surface area contributed by atoms with E-state index in [0.717, 1.165) is 13.1 Å². The molecule has 1 heterocycles. The first kappa shape index (κ1) is 10.6. The van der Waals surface area contributed by atoms with E-state index >= 15 is 0 Å². The summed E-state index contributed by atoms with van der Waals surface area (Å²) in [6.07, 6.45) is 2.46. The van der Waals surface area contributed by atoms with Crippen LogP contribution >= 0.6 is 12.4 Å². The van der Waals surface area contributed by atoms with E-state index in [1.54, 1.807) is 0 Å². The van der Waals surface area contributed by atoms with Crippen molar-refractivity contribution in [3.8, 4) is 0 Å². The third kappa shape index (κ3) is 2.97. The number of halogens is 1. The number of hydrogen-bond acceptors (Lipinski definition) is 1. The van der Waals surface area contributed by atoms with Gasteiger partial charge in [-0.3, -0.25) is 5.41 Å². The Kier molecular flexibility index (Phi) is 4.26. The number of nitrogens with two attached hydrogens (primary N) is 1. The van der Waals surface area contributed by atoms with Gasteiger partial charge in [-0.25, -0.2) is 0 Å². The quantitative estimate of drug-likeness (QED) is 0.429. The third-order valence-corrected chi connectivity index (χ3v) is 2.00. The first-order valence-electron chi connectivity index (χ1n) is 3.79. The fourth-order valence-corrected chi connectivity index (χ4v) is 1.41. The van der Waals surface area contributed by atoms with Crippen LogP contribution in [0.2, 0.25) is 0 Å². The molecule has 1 aliphatic rings. The molecule has 1 saturated heterocycles. The Hall–Kier alpha value is -0.440. The van der Waals surface area contributed by atoms with Gasteiger partial charge in [0.2, 0.25) is 0 Å². The van der Waals surface area contributed by atoms with Crippen molar-refractivity contribution in [2.45, 2.75) is 19.8 Å². The fraction of sp³-hybridized carbons (Fsp3) is 0.857. The van der Waals surface area contributed by atoms with Gasteiger partial charge in [-0.2, -0.15) is 0 Å². The van der Waals surface area contributed by atoms with Crippen molar-refractivity contribution in [2.24, 2.45) is 11.7 Å². The maximum absolute atomic E-state index is 7.18. The maximum Gasteiger partial charge on any atom is 0.188 e. The van der Waals surface area contributed by atoms with E-state index in [-0.39, 0.29) is 18.4 Å². The van der Waals surface area contributed by atoms with Gasteiger partial charge in [-0.1, -0.05) is 6.92 Å². The standard InChI is InChI=1S/C7H15N3.ClH/c1-6-3-2-4-10(5-6)7(8)9;/h6H,2-5H2,1H3,(H3,8,9);1H. The Labute approximate surface area is 73.9 Å². The van der Waals surface area contributed by atoms with Crippen molar-refractivity contribution >= 4 is 18.4 Å². The molecule has 0 amide bonds. The van der Waals surface area contributed by atoms with Crippen molar-refractivity contribution in [1.29, 1.82) is 5.41 Å². The van der Waals surface area contributed by atoms with Crippen molar-refractivity contribution in [3.05, 3.63) is 0 Å². The lowest BCUT2D eigenvalue weighted by molar-refractivity contribution is 0.269. The van der Waals surface area contributed by atoms with Crippen LogP contribution in [0.3, 0.4) is 0 Å². The minimum atomic E-state index is 0. The molecule has 1 aliphatic heterocycles. The summed E-state index contributed by atoms with van der Waals surface area (Å²) in [6, 6.07) is 0. The molecular weight excluding hydrogens is 162 g/mol. The van der Waals surface area contributed by atoms with Crippen LogP contribution in [0.1, 0.15) is 19.8 Å². The Bertz CT molecular complexity index is 138. The predicted octanol–water partition coefficient (Wildman–Crippen LogP) is 1.03. The largest absolute Gasteiger partial charge is 0.370 e. The van der Waals surface area contributed by atoms with Crippen molar-refractivity contribution in [3.63, 3.8) is 0 Å². The summed E-state index contributed by atoms with van der Waals surface area (Å²) in [6.45, 7) is 4.14. The highest BCUT2D eigenvalue weighted by molar-refractivity contribution is 5.85. The summed E-state index contributed by atoms with van der Waals surface area (Å²) >= 11 is 0. The van der Waals surface area contributed by atoms with E-state index in [4.69, 9.17) is 11.1 Å². The molecule has 0 aromatic heterocycles. The summed E-state index contributed by atoms with van der Waals surface area (Å²) < 4.78 is 0. The first-order valence-corrected chi connectivity index (χ1v) is 3.79. The monoisotopic (exact) mass is 177 g/mol. The Morgan fingerprint density at radius 3 is 2.64 bits per heavy atom. The summed E-state index contributed by atoms with van der Waals surface area (Å²) in [7, 11) is 0. The van der Waals surface area contributed by atoms with Crippen LogP contribution < -0.4 is 5.73 Å². The molecule has 0 bridgehead atoms. The number of guanidine groups is 1. The molecule has 0 saturated carbocycles. The number of piperidine rings is 1. The number of nitrogens with zero attached hydrogens (tertiary/aromatic N) is 1. The third-order valence-electron chi connectivity index (χ3n) is 2.00. The topological polar surface area (TPSA) is 53.1 Å². The molecule has 0 spiro atoms. The summed E-state index contributed by atoms with van der Waals surface area (Å²) in [5.74, 6) is 0.934. The summed E-state index contributed by atoms with van der Waals surface area (Å²) in [5.41, 5.74) is 5.34. The lowest BCUT2D eigenvalue weighted by Crippen LogP contribution is -2.42. The maximum atomic E-state index is 7.18. The highest BCUT2D eigenvalue weighted by Gasteiger charge is 2.16. The number of rotatable bonds is 0. The molecule has 0 radical (unpaired) electrons. The van der Waals surface area contributed by atoms with Gasteiger partial charge in [0.25, 0.3) is 0 Å². The minimum absolute atomic E-state index is 0. The van der Waals surface area contributed by atoms with E-state index in [1.807, 2.05) is 4.90 Å². The molecule has 0 aliphatic carbocycles. The fourth-order valence-electron chi connectivity index (χ4n) is 1.41.